The fourth-order valence-electron chi connectivity index (χ4n) is 2.78. The number of hydrogen-bond acceptors (Lipinski definition) is 3. The number of benzene rings is 1. The Kier molecular flexibility index (Phi) is 5.08. The lowest BCUT2D eigenvalue weighted by atomic mass is 10.2. The van der Waals surface area contributed by atoms with Gasteiger partial charge in [0.25, 0.3) is 5.91 Å². The van der Waals surface area contributed by atoms with Crippen LogP contribution in [0.2, 0.25) is 0 Å². The Morgan fingerprint density at radius 2 is 2.05 bits per heavy atom. The molecule has 0 atom stereocenters. The van der Waals surface area contributed by atoms with Crippen molar-refractivity contribution in [3.8, 4) is 0 Å². The van der Waals surface area contributed by atoms with Crippen LogP contribution in [0.4, 0.5) is 0 Å². The number of carbonyl (C=O) groups is 1. The van der Waals surface area contributed by atoms with Crippen LogP contribution in [0.1, 0.15) is 23.3 Å². The zero-order chi connectivity index (χ0) is 15.2. The molecule has 2 heterocycles. The molecule has 1 fully saturated rings. The van der Waals surface area contributed by atoms with E-state index in [1.165, 1.54) is 0 Å². The number of carbonyl (C=O) groups excluding carboxylic acids is 1. The Hall–Kier alpha value is -1.85. The predicted octanol–water partition coefficient (Wildman–Crippen LogP) is 2.01. The topological polar surface area (TPSA) is 57.4 Å². The van der Waals surface area contributed by atoms with E-state index in [9.17, 15) is 4.79 Å². The second-order valence-electron chi connectivity index (χ2n) is 5.69. The van der Waals surface area contributed by atoms with E-state index in [4.69, 9.17) is 4.74 Å². The Bertz CT molecular complexity index is 584. The van der Waals surface area contributed by atoms with E-state index in [2.05, 4.69) is 15.2 Å². The number of para-hydroxylation sites is 1. The van der Waals surface area contributed by atoms with Crippen LogP contribution < -0.4 is 5.32 Å². The number of H-pyrrole nitrogens is 1. The highest BCUT2D eigenvalue weighted by molar-refractivity contribution is 5.97. The van der Waals surface area contributed by atoms with E-state index in [-0.39, 0.29) is 5.91 Å². The minimum Gasteiger partial charge on any atom is -0.379 e. The van der Waals surface area contributed by atoms with Gasteiger partial charge in [-0.3, -0.25) is 9.69 Å². The zero-order valence-electron chi connectivity index (χ0n) is 12.8. The molecule has 0 saturated carbocycles. The van der Waals surface area contributed by atoms with Crippen LogP contribution in [0, 0.1) is 0 Å². The molecule has 0 spiro atoms. The maximum atomic E-state index is 12.1. The lowest BCUT2D eigenvalue weighted by Gasteiger charge is -2.26. The minimum atomic E-state index is -0.0254. The molecule has 0 bridgehead atoms. The average Bonchev–Trinajstić information content (AvgIpc) is 2.99. The summed E-state index contributed by atoms with van der Waals surface area (Å²) in [4.78, 5) is 17.7. The lowest BCUT2D eigenvalue weighted by Crippen LogP contribution is -2.37. The summed E-state index contributed by atoms with van der Waals surface area (Å²) >= 11 is 0. The summed E-state index contributed by atoms with van der Waals surface area (Å²) in [7, 11) is 0. The molecule has 1 amide bonds. The first-order valence-electron chi connectivity index (χ1n) is 7.99. The molecule has 1 aliphatic heterocycles. The van der Waals surface area contributed by atoms with Gasteiger partial charge in [-0.2, -0.15) is 0 Å². The molecular weight excluding hydrogens is 278 g/mol. The molecule has 1 saturated heterocycles. The number of unbranched alkanes of at least 4 members (excludes halogenated alkanes) is 1. The fourth-order valence-corrected chi connectivity index (χ4v) is 2.78. The monoisotopic (exact) mass is 301 g/mol. The quantitative estimate of drug-likeness (QED) is 0.803. The van der Waals surface area contributed by atoms with Gasteiger partial charge < -0.3 is 15.0 Å². The Morgan fingerprint density at radius 3 is 2.86 bits per heavy atom. The minimum absolute atomic E-state index is 0.0254. The molecule has 1 aromatic carbocycles. The van der Waals surface area contributed by atoms with Crippen LogP contribution in [0.25, 0.3) is 10.9 Å². The molecule has 1 aromatic heterocycles. The third kappa shape index (κ3) is 3.87. The normalized spacial score (nSPS) is 16.0. The van der Waals surface area contributed by atoms with Gasteiger partial charge in [0.15, 0.2) is 0 Å². The van der Waals surface area contributed by atoms with Gasteiger partial charge in [-0.15, -0.1) is 0 Å². The number of aromatic amines is 1. The smallest absolute Gasteiger partial charge is 0.267 e. The maximum Gasteiger partial charge on any atom is 0.267 e. The zero-order valence-corrected chi connectivity index (χ0v) is 12.8. The number of ether oxygens (including phenoxy) is 1. The highest BCUT2D eigenvalue weighted by Crippen LogP contribution is 2.14. The Labute approximate surface area is 130 Å². The molecule has 5 nitrogen and oxygen atoms in total. The number of rotatable bonds is 6. The van der Waals surface area contributed by atoms with E-state index in [1.807, 2.05) is 30.3 Å². The first kappa shape index (κ1) is 15.1. The molecule has 5 heteroatoms. The third-order valence-corrected chi connectivity index (χ3v) is 4.06. The van der Waals surface area contributed by atoms with Crippen molar-refractivity contribution in [2.75, 3.05) is 39.4 Å². The van der Waals surface area contributed by atoms with E-state index in [1.54, 1.807) is 0 Å². The van der Waals surface area contributed by atoms with Gasteiger partial charge in [0.1, 0.15) is 5.69 Å². The molecule has 2 N–H and O–H groups in total. The standard InChI is InChI=1S/C17H23N3O2/c21-17(16-13-14-5-1-2-6-15(14)19-16)18-7-3-4-8-20-9-11-22-12-10-20/h1-2,5-6,13,19H,3-4,7-12H2,(H,18,21). The van der Waals surface area contributed by atoms with Crippen LogP contribution in [-0.4, -0.2) is 55.2 Å². The van der Waals surface area contributed by atoms with Gasteiger partial charge in [-0.05, 0) is 31.5 Å². The number of aromatic nitrogens is 1. The summed E-state index contributed by atoms with van der Waals surface area (Å²) in [5.41, 5.74) is 1.63. The second-order valence-corrected chi connectivity index (χ2v) is 5.69. The highest BCUT2D eigenvalue weighted by Gasteiger charge is 2.10. The van der Waals surface area contributed by atoms with Crippen molar-refractivity contribution in [3.63, 3.8) is 0 Å². The van der Waals surface area contributed by atoms with E-state index >= 15 is 0 Å². The molecular formula is C17H23N3O2. The van der Waals surface area contributed by atoms with Crippen molar-refractivity contribution in [1.29, 1.82) is 0 Å². The number of amides is 1. The highest BCUT2D eigenvalue weighted by atomic mass is 16.5. The molecule has 2 aromatic rings. The van der Waals surface area contributed by atoms with Crippen molar-refractivity contribution in [1.82, 2.24) is 15.2 Å². The van der Waals surface area contributed by atoms with Gasteiger partial charge in [0.2, 0.25) is 0 Å². The van der Waals surface area contributed by atoms with E-state index < -0.39 is 0 Å². The van der Waals surface area contributed by atoms with Crippen LogP contribution >= 0.6 is 0 Å². The predicted molar refractivity (Wildman–Crippen MR) is 87.1 cm³/mol. The van der Waals surface area contributed by atoms with Crippen molar-refractivity contribution in [3.05, 3.63) is 36.0 Å². The van der Waals surface area contributed by atoms with Gasteiger partial charge in [-0.25, -0.2) is 0 Å². The largest absolute Gasteiger partial charge is 0.379 e. The number of hydrogen-bond donors (Lipinski definition) is 2. The lowest BCUT2D eigenvalue weighted by molar-refractivity contribution is 0.0372. The van der Waals surface area contributed by atoms with Crippen LogP contribution in [0.5, 0.6) is 0 Å². The van der Waals surface area contributed by atoms with Crippen molar-refractivity contribution >= 4 is 16.8 Å². The number of nitrogens with one attached hydrogen (secondary N) is 2. The molecule has 118 valence electrons. The Balaban J connectivity index is 1.38. The number of fused-ring (bicyclic) bond motifs is 1. The second kappa shape index (κ2) is 7.42. The van der Waals surface area contributed by atoms with Crippen molar-refractivity contribution in [2.24, 2.45) is 0 Å². The van der Waals surface area contributed by atoms with Gasteiger partial charge >= 0.3 is 0 Å². The SMILES string of the molecule is O=C(NCCCCN1CCOCC1)c1cc2ccccc2[nH]1. The first-order valence-corrected chi connectivity index (χ1v) is 7.99. The summed E-state index contributed by atoms with van der Waals surface area (Å²) in [6.45, 7) is 5.56. The molecule has 22 heavy (non-hydrogen) atoms. The summed E-state index contributed by atoms with van der Waals surface area (Å²) in [6, 6.07) is 9.83. The first-order chi connectivity index (χ1) is 10.8. The molecule has 1 aliphatic rings. The summed E-state index contributed by atoms with van der Waals surface area (Å²) in [5, 5.41) is 4.05. The van der Waals surface area contributed by atoms with Crippen LogP contribution in [-0.2, 0) is 4.74 Å². The van der Waals surface area contributed by atoms with Gasteiger partial charge in [0, 0.05) is 30.5 Å². The fraction of sp³-hybridized carbons (Fsp3) is 0.471. The van der Waals surface area contributed by atoms with Crippen LogP contribution in [0.15, 0.2) is 30.3 Å². The molecule has 0 radical (unpaired) electrons. The van der Waals surface area contributed by atoms with E-state index in [0.29, 0.717) is 5.69 Å². The van der Waals surface area contributed by atoms with Crippen molar-refractivity contribution < 1.29 is 9.53 Å². The summed E-state index contributed by atoms with van der Waals surface area (Å²) in [6.07, 6.45) is 2.11. The van der Waals surface area contributed by atoms with Crippen LogP contribution in [0.3, 0.4) is 0 Å². The third-order valence-electron chi connectivity index (χ3n) is 4.06. The molecule has 0 aliphatic carbocycles. The van der Waals surface area contributed by atoms with Gasteiger partial charge in [-0.1, -0.05) is 18.2 Å². The summed E-state index contributed by atoms with van der Waals surface area (Å²) in [5.74, 6) is -0.0254. The number of nitrogens with zero attached hydrogens (tertiary/aromatic N) is 1. The van der Waals surface area contributed by atoms with Crippen molar-refractivity contribution in [2.45, 2.75) is 12.8 Å². The molecule has 3 rings (SSSR count). The summed E-state index contributed by atoms with van der Waals surface area (Å²) < 4.78 is 5.33. The van der Waals surface area contributed by atoms with Gasteiger partial charge in [0.05, 0.1) is 13.2 Å². The average molecular weight is 301 g/mol. The maximum absolute atomic E-state index is 12.1. The van der Waals surface area contributed by atoms with E-state index in [0.717, 1.165) is 63.1 Å². The molecule has 0 unspecified atom stereocenters. The Morgan fingerprint density at radius 1 is 1.23 bits per heavy atom. The number of morpholine rings is 1.